The van der Waals surface area contributed by atoms with Crippen molar-refractivity contribution in [3.8, 4) is 17.2 Å². The van der Waals surface area contributed by atoms with Crippen LogP contribution in [0.2, 0.25) is 10.0 Å². The highest BCUT2D eigenvalue weighted by atomic mass is 35.5. The van der Waals surface area contributed by atoms with Crippen molar-refractivity contribution in [3.05, 3.63) is 52.0 Å². The highest BCUT2D eigenvalue weighted by Crippen LogP contribution is 2.33. The Morgan fingerprint density at radius 1 is 1.25 bits per heavy atom. The molecule has 3 rings (SSSR count). The van der Waals surface area contributed by atoms with Crippen molar-refractivity contribution in [1.82, 2.24) is 5.32 Å². The molecule has 0 saturated carbocycles. The van der Waals surface area contributed by atoms with E-state index in [1.807, 2.05) is 18.2 Å². The molecule has 0 aliphatic carbocycles. The first-order valence-corrected chi connectivity index (χ1v) is 8.07. The molecule has 1 atom stereocenters. The first kappa shape index (κ1) is 16.7. The number of carbonyl (C=O) groups is 1. The van der Waals surface area contributed by atoms with E-state index in [0.717, 1.165) is 5.56 Å². The maximum absolute atomic E-state index is 12.2. The molecule has 2 aromatic carbocycles. The molecule has 1 aliphatic heterocycles. The Hall–Kier alpha value is -2.11. The predicted octanol–water partition coefficient (Wildman–Crippen LogP) is 3.81. The van der Waals surface area contributed by atoms with Crippen LogP contribution in [0, 0.1) is 0 Å². The maximum Gasteiger partial charge on any atom is 0.261 e. The van der Waals surface area contributed by atoms with Crippen molar-refractivity contribution in [2.75, 3.05) is 6.79 Å². The predicted molar refractivity (Wildman–Crippen MR) is 91.0 cm³/mol. The first-order chi connectivity index (χ1) is 11.5. The van der Waals surface area contributed by atoms with Gasteiger partial charge in [-0.2, -0.15) is 0 Å². The van der Waals surface area contributed by atoms with Crippen LogP contribution in [0.15, 0.2) is 36.4 Å². The van der Waals surface area contributed by atoms with Crippen LogP contribution in [0.3, 0.4) is 0 Å². The van der Waals surface area contributed by atoms with Crippen LogP contribution in [-0.4, -0.2) is 18.8 Å². The number of fused-ring (bicyclic) bond motifs is 1. The highest BCUT2D eigenvalue weighted by Gasteiger charge is 2.18. The highest BCUT2D eigenvalue weighted by molar-refractivity contribution is 6.42. The molecule has 24 heavy (non-hydrogen) atoms. The topological polar surface area (TPSA) is 56.8 Å². The van der Waals surface area contributed by atoms with Gasteiger partial charge < -0.3 is 19.5 Å². The minimum absolute atomic E-state index is 0.219. The van der Waals surface area contributed by atoms with Crippen LogP contribution in [0.25, 0.3) is 0 Å². The number of ether oxygens (including phenoxy) is 3. The molecule has 0 saturated heterocycles. The summed E-state index contributed by atoms with van der Waals surface area (Å²) < 4.78 is 16.1. The van der Waals surface area contributed by atoms with E-state index < -0.39 is 6.10 Å². The van der Waals surface area contributed by atoms with Gasteiger partial charge in [0.15, 0.2) is 17.6 Å². The first-order valence-electron chi connectivity index (χ1n) is 7.31. The Bertz CT molecular complexity index is 766. The molecular weight excluding hydrogens is 353 g/mol. The van der Waals surface area contributed by atoms with Gasteiger partial charge in [0, 0.05) is 6.54 Å². The van der Waals surface area contributed by atoms with Crippen molar-refractivity contribution in [2.45, 2.75) is 19.6 Å². The fourth-order valence-electron chi connectivity index (χ4n) is 2.20. The van der Waals surface area contributed by atoms with Crippen LogP contribution >= 0.6 is 23.2 Å². The molecule has 0 fully saturated rings. The minimum Gasteiger partial charge on any atom is -0.479 e. The lowest BCUT2D eigenvalue weighted by Gasteiger charge is -2.16. The Labute approximate surface area is 149 Å². The molecule has 0 aromatic heterocycles. The van der Waals surface area contributed by atoms with Crippen molar-refractivity contribution in [1.29, 1.82) is 0 Å². The molecular formula is C17H15Cl2NO4. The van der Waals surface area contributed by atoms with Gasteiger partial charge in [0.25, 0.3) is 5.91 Å². The van der Waals surface area contributed by atoms with Gasteiger partial charge in [-0.15, -0.1) is 0 Å². The van der Waals surface area contributed by atoms with E-state index in [2.05, 4.69) is 5.32 Å². The summed E-state index contributed by atoms with van der Waals surface area (Å²) in [6.07, 6.45) is -0.713. The molecule has 5 nitrogen and oxygen atoms in total. The fraction of sp³-hybridized carbons (Fsp3) is 0.235. The Balaban J connectivity index is 1.57. The largest absolute Gasteiger partial charge is 0.479 e. The maximum atomic E-state index is 12.2. The van der Waals surface area contributed by atoms with E-state index in [0.29, 0.717) is 28.8 Å². The fourth-order valence-corrected chi connectivity index (χ4v) is 2.54. The summed E-state index contributed by atoms with van der Waals surface area (Å²) in [5.41, 5.74) is 0.903. The van der Waals surface area contributed by atoms with Crippen molar-refractivity contribution in [3.63, 3.8) is 0 Å². The van der Waals surface area contributed by atoms with Gasteiger partial charge in [-0.25, -0.2) is 0 Å². The summed E-state index contributed by atoms with van der Waals surface area (Å²) in [6.45, 7) is 2.22. The second-order valence-corrected chi connectivity index (χ2v) is 6.00. The van der Waals surface area contributed by atoms with Gasteiger partial charge in [-0.05, 0) is 36.8 Å². The molecule has 7 heteroatoms. The molecule has 1 amide bonds. The van der Waals surface area contributed by atoms with Crippen molar-refractivity contribution < 1.29 is 19.0 Å². The summed E-state index contributed by atoms with van der Waals surface area (Å²) in [7, 11) is 0. The zero-order chi connectivity index (χ0) is 17.1. The van der Waals surface area contributed by atoms with E-state index in [9.17, 15) is 4.79 Å². The lowest BCUT2D eigenvalue weighted by atomic mass is 10.2. The van der Waals surface area contributed by atoms with E-state index in [1.54, 1.807) is 25.1 Å². The summed E-state index contributed by atoms with van der Waals surface area (Å²) in [5, 5.41) is 3.47. The lowest BCUT2D eigenvalue weighted by molar-refractivity contribution is -0.127. The van der Waals surface area contributed by atoms with Crippen LogP contribution in [0.4, 0.5) is 0 Å². The normalized spacial score (nSPS) is 13.5. The minimum atomic E-state index is -0.713. The van der Waals surface area contributed by atoms with Crippen LogP contribution in [0.5, 0.6) is 17.2 Å². The van der Waals surface area contributed by atoms with Crippen LogP contribution in [0.1, 0.15) is 12.5 Å². The number of rotatable bonds is 5. The van der Waals surface area contributed by atoms with Crippen molar-refractivity contribution >= 4 is 29.1 Å². The van der Waals surface area contributed by atoms with Crippen LogP contribution < -0.4 is 19.5 Å². The summed E-state index contributed by atoms with van der Waals surface area (Å²) >= 11 is 12.0. The molecule has 2 aromatic rings. The SMILES string of the molecule is C[C@H](Oc1cccc(Cl)c1Cl)C(=O)NCc1ccc2c(c1)OCO2. The number of amides is 1. The van der Waals surface area contributed by atoms with E-state index >= 15 is 0 Å². The molecule has 0 spiro atoms. The molecule has 1 heterocycles. The van der Waals surface area contributed by atoms with E-state index in [1.165, 1.54) is 0 Å². The third-order valence-electron chi connectivity index (χ3n) is 3.49. The van der Waals surface area contributed by atoms with Crippen molar-refractivity contribution in [2.24, 2.45) is 0 Å². The van der Waals surface area contributed by atoms with Gasteiger partial charge in [0.1, 0.15) is 10.8 Å². The number of benzene rings is 2. The molecule has 0 bridgehead atoms. The number of nitrogens with one attached hydrogen (secondary N) is 1. The van der Waals surface area contributed by atoms with Gasteiger partial charge in [0.2, 0.25) is 6.79 Å². The lowest BCUT2D eigenvalue weighted by Crippen LogP contribution is -2.35. The number of hydrogen-bond acceptors (Lipinski definition) is 4. The molecule has 126 valence electrons. The number of carbonyl (C=O) groups excluding carboxylic acids is 1. The van der Waals surface area contributed by atoms with Gasteiger partial charge in [-0.3, -0.25) is 4.79 Å². The Morgan fingerprint density at radius 2 is 2.04 bits per heavy atom. The Kier molecular flexibility index (Phi) is 5.02. The standard InChI is InChI=1S/C17H15Cl2NO4/c1-10(24-14-4-2-3-12(18)16(14)19)17(21)20-8-11-5-6-13-15(7-11)23-9-22-13/h2-7,10H,8-9H2,1H3,(H,20,21)/t10-/m0/s1. The number of hydrogen-bond donors (Lipinski definition) is 1. The van der Waals surface area contributed by atoms with Gasteiger partial charge in [0.05, 0.1) is 5.02 Å². The molecule has 0 radical (unpaired) electrons. The Morgan fingerprint density at radius 3 is 2.88 bits per heavy atom. The third-order valence-corrected chi connectivity index (χ3v) is 4.29. The van der Waals surface area contributed by atoms with Gasteiger partial charge >= 0.3 is 0 Å². The van der Waals surface area contributed by atoms with Crippen LogP contribution in [-0.2, 0) is 11.3 Å². The molecule has 1 N–H and O–H groups in total. The summed E-state index contributed by atoms with van der Waals surface area (Å²) in [6, 6.07) is 10.5. The second-order valence-electron chi connectivity index (χ2n) is 5.22. The van der Waals surface area contributed by atoms with E-state index in [-0.39, 0.29) is 17.7 Å². The average Bonchev–Trinajstić information content (AvgIpc) is 3.04. The second kappa shape index (κ2) is 7.20. The van der Waals surface area contributed by atoms with E-state index in [4.69, 9.17) is 37.4 Å². The zero-order valence-electron chi connectivity index (χ0n) is 12.8. The third kappa shape index (κ3) is 3.68. The number of halogens is 2. The smallest absolute Gasteiger partial charge is 0.261 e. The van der Waals surface area contributed by atoms with Gasteiger partial charge in [-0.1, -0.05) is 35.3 Å². The zero-order valence-corrected chi connectivity index (χ0v) is 14.4. The monoisotopic (exact) mass is 367 g/mol. The molecule has 0 unspecified atom stereocenters. The quantitative estimate of drug-likeness (QED) is 0.872. The molecule has 1 aliphatic rings. The summed E-state index contributed by atoms with van der Waals surface area (Å²) in [4.78, 5) is 12.2. The average molecular weight is 368 g/mol. The summed E-state index contributed by atoms with van der Waals surface area (Å²) in [5.74, 6) is 1.49.